The Morgan fingerprint density at radius 2 is 1.89 bits per heavy atom. The Labute approximate surface area is 119 Å². The van der Waals surface area contributed by atoms with Gasteiger partial charge < -0.3 is 4.74 Å². The van der Waals surface area contributed by atoms with E-state index < -0.39 is 0 Å². The molecular weight excluding hydrogens is 291 g/mol. The standard InChI is InChI=1S/C13H10Cl2O2S/c1-8-5-6-12(18-8)11(16)7-17-13-9(14)3-2-4-10(13)15/h2-6H,7H2,1H3. The molecule has 1 heterocycles. The van der Waals surface area contributed by atoms with E-state index in [4.69, 9.17) is 27.9 Å². The molecule has 0 unspecified atom stereocenters. The molecule has 0 radical (unpaired) electrons. The highest BCUT2D eigenvalue weighted by molar-refractivity contribution is 7.14. The van der Waals surface area contributed by atoms with E-state index in [2.05, 4.69) is 0 Å². The van der Waals surface area contributed by atoms with Crippen molar-refractivity contribution in [1.82, 2.24) is 0 Å². The first-order valence-corrected chi connectivity index (χ1v) is 6.81. The largest absolute Gasteiger partial charge is 0.482 e. The fourth-order valence-electron chi connectivity index (χ4n) is 1.41. The van der Waals surface area contributed by atoms with Crippen molar-refractivity contribution in [3.63, 3.8) is 0 Å². The predicted octanol–water partition coefficient (Wildman–Crippen LogP) is 4.63. The van der Waals surface area contributed by atoms with Crippen molar-refractivity contribution in [2.24, 2.45) is 0 Å². The first kappa shape index (κ1) is 13.4. The molecule has 0 saturated carbocycles. The predicted molar refractivity (Wildman–Crippen MR) is 75.3 cm³/mol. The molecular formula is C13H10Cl2O2S. The summed E-state index contributed by atoms with van der Waals surface area (Å²) in [5, 5.41) is 0.801. The number of hydrogen-bond acceptors (Lipinski definition) is 3. The van der Waals surface area contributed by atoms with E-state index in [1.54, 1.807) is 24.3 Å². The Bertz CT molecular complexity index is 558. The van der Waals surface area contributed by atoms with Gasteiger partial charge in [-0.25, -0.2) is 0 Å². The molecule has 0 amide bonds. The number of aryl methyl sites for hydroxylation is 1. The van der Waals surface area contributed by atoms with Gasteiger partial charge in [0.25, 0.3) is 0 Å². The van der Waals surface area contributed by atoms with Crippen LogP contribution in [0, 0.1) is 6.92 Å². The average molecular weight is 301 g/mol. The molecule has 0 N–H and O–H groups in total. The molecule has 0 aliphatic heterocycles. The first-order chi connectivity index (χ1) is 8.58. The lowest BCUT2D eigenvalue weighted by molar-refractivity contribution is 0.0926. The number of carbonyl (C=O) groups is 1. The van der Waals surface area contributed by atoms with Crippen LogP contribution in [0.25, 0.3) is 0 Å². The van der Waals surface area contributed by atoms with Gasteiger partial charge in [-0.15, -0.1) is 11.3 Å². The summed E-state index contributed by atoms with van der Waals surface area (Å²) in [5.74, 6) is 0.270. The summed E-state index contributed by atoms with van der Waals surface area (Å²) in [6, 6.07) is 8.76. The van der Waals surface area contributed by atoms with Crippen molar-refractivity contribution in [1.29, 1.82) is 0 Å². The van der Waals surface area contributed by atoms with Crippen LogP contribution >= 0.6 is 34.5 Å². The van der Waals surface area contributed by atoms with Crippen LogP contribution in [0.5, 0.6) is 5.75 Å². The number of rotatable bonds is 4. The third-order valence-electron chi connectivity index (χ3n) is 2.28. The second-order valence-electron chi connectivity index (χ2n) is 3.67. The van der Waals surface area contributed by atoms with Gasteiger partial charge in [0.2, 0.25) is 5.78 Å². The summed E-state index contributed by atoms with van der Waals surface area (Å²) in [6.07, 6.45) is 0. The van der Waals surface area contributed by atoms with E-state index in [-0.39, 0.29) is 12.4 Å². The van der Waals surface area contributed by atoms with E-state index in [9.17, 15) is 4.79 Å². The van der Waals surface area contributed by atoms with Crippen molar-refractivity contribution in [3.05, 3.63) is 50.1 Å². The monoisotopic (exact) mass is 300 g/mol. The van der Waals surface area contributed by atoms with Crippen LogP contribution in [0.2, 0.25) is 10.0 Å². The van der Waals surface area contributed by atoms with Crippen LogP contribution in [0.15, 0.2) is 30.3 Å². The molecule has 0 atom stereocenters. The molecule has 1 aromatic carbocycles. The van der Waals surface area contributed by atoms with Gasteiger partial charge in [0.05, 0.1) is 14.9 Å². The lowest BCUT2D eigenvalue weighted by Gasteiger charge is -2.08. The minimum atomic E-state index is -0.0795. The van der Waals surface area contributed by atoms with Gasteiger partial charge in [-0.1, -0.05) is 29.3 Å². The highest BCUT2D eigenvalue weighted by Crippen LogP contribution is 2.32. The number of halogens is 2. The first-order valence-electron chi connectivity index (χ1n) is 5.24. The van der Waals surface area contributed by atoms with Crippen molar-refractivity contribution in [2.75, 3.05) is 6.61 Å². The van der Waals surface area contributed by atoms with Crippen LogP contribution in [0.3, 0.4) is 0 Å². The van der Waals surface area contributed by atoms with E-state index in [1.165, 1.54) is 11.3 Å². The van der Waals surface area contributed by atoms with E-state index >= 15 is 0 Å². The summed E-state index contributed by atoms with van der Waals surface area (Å²) >= 11 is 13.3. The van der Waals surface area contributed by atoms with E-state index in [0.29, 0.717) is 20.7 Å². The molecule has 0 fully saturated rings. The van der Waals surface area contributed by atoms with Gasteiger partial charge in [0.15, 0.2) is 12.4 Å². The summed E-state index contributed by atoms with van der Waals surface area (Å²) in [5.41, 5.74) is 0. The summed E-state index contributed by atoms with van der Waals surface area (Å²) in [6.45, 7) is 1.89. The molecule has 5 heteroatoms. The summed E-state index contributed by atoms with van der Waals surface area (Å²) in [7, 11) is 0. The fraction of sp³-hybridized carbons (Fsp3) is 0.154. The van der Waals surface area contributed by atoms with Crippen LogP contribution in [-0.4, -0.2) is 12.4 Å². The molecule has 0 aliphatic rings. The molecule has 0 saturated heterocycles. The van der Waals surface area contributed by atoms with Crippen LogP contribution in [0.1, 0.15) is 14.5 Å². The zero-order valence-electron chi connectivity index (χ0n) is 9.57. The van der Waals surface area contributed by atoms with Crippen molar-refractivity contribution in [2.45, 2.75) is 6.92 Å². The third kappa shape index (κ3) is 3.05. The molecule has 2 rings (SSSR count). The maximum Gasteiger partial charge on any atom is 0.210 e. The minimum absolute atomic E-state index is 0.0661. The molecule has 0 spiro atoms. The number of thiophene rings is 1. The molecule has 1 aromatic heterocycles. The Hall–Kier alpha value is -1.03. The Morgan fingerprint density at radius 1 is 1.22 bits per heavy atom. The smallest absolute Gasteiger partial charge is 0.210 e. The van der Waals surface area contributed by atoms with Gasteiger partial charge in [0.1, 0.15) is 0 Å². The van der Waals surface area contributed by atoms with Crippen molar-refractivity contribution in [3.8, 4) is 5.75 Å². The maximum atomic E-state index is 11.9. The quantitative estimate of drug-likeness (QED) is 0.770. The molecule has 94 valence electrons. The summed E-state index contributed by atoms with van der Waals surface area (Å²) < 4.78 is 5.39. The number of ketones is 1. The lowest BCUT2D eigenvalue weighted by Crippen LogP contribution is -2.10. The van der Waals surface area contributed by atoms with Gasteiger partial charge in [-0.2, -0.15) is 0 Å². The second kappa shape index (κ2) is 5.74. The molecule has 2 aromatic rings. The lowest BCUT2D eigenvalue weighted by atomic mass is 10.3. The van der Waals surface area contributed by atoms with Crippen molar-refractivity contribution < 1.29 is 9.53 Å². The Kier molecular flexibility index (Phi) is 4.27. The topological polar surface area (TPSA) is 26.3 Å². The van der Waals surface area contributed by atoms with Gasteiger partial charge in [-0.3, -0.25) is 4.79 Å². The van der Waals surface area contributed by atoms with Crippen LogP contribution < -0.4 is 4.74 Å². The third-order valence-corrected chi connectivity index (χ3v) is 3.92. The Morgan fingerprint density at radius 3 is 2.44 bits per heavy atom. The number of benzene rings is 1. The summed E-state index contributed by atoms with van der Waals surface area (Å²) in [4.78, 5) is 13.6. The molecule has 0 aliphatic carbocycles. The zero-order valence-corrected chi connectivity index (χ0v) is 11.9. The van der Waals surface area contributed by atoms with Crippen LogP contribution in [-0.2, 0) is 0 Å². The molecule has 2 nitrogen and oxygen atoms in total. The number of carbonyl (C=O) groups excluding carboxylic acids is 1. The van der Waals surface area contributed by atoms with Crippen LogP contribution in [0.4, 0.5) is 0 Å². The number of Topliss-reactive ketones (excluding diaryl/α,β-unsaturated/α-hetero) is 1. The average Bonchev–Trinajstić information content (AvgIpc) is 2.75. The fourth-order valence-corrected chi connectivity index (χ4v) is 2.71. The molecule has 18 heavy (non-hydrogen) atoms. The number of para-hydroxylation sites is 1. The van der Waals surface area contributed by atoms with Crippen molar-refractivity contribution >= 4 is 40.3 Å². The van der Waals surface area contributed by atoms with E-state index in [1.807, 2.05) is 13.0 Å². The van der Waals surface area contributed by atoms with Gasteiger partial charge >= 0.3 is 0 Å². The van der Waals surface area contributed by atoms with Gasteiger partial charge in [0, 0.05) is 4.88 Å². The normalized spacial score (nSPS) is 10.4. The number of hydrogen-bond donors (Lipinski definition) is 0. The highest BCUT2D eigenvalue weighted by atomic mass is 35.5. The van der Waals surface area contributed by atoms with Gasteiger partial charge in [-0.05, 0) is 31.2 Å². The SMILES string of the molecule is Cc1ccc(C(=O)COc2c(Cl)cccc2Cl)s1. The Balaban J connectivity index is 2.06. The highest BCUT2D eigenvalue weighted by Gasteiger charge is 2.12. The molecule has 0 bridgehead atoms. The van der Waals surface area contributed by atoms with E-state index in [0.717, 1.165) is 4.88 Å². The second-order valence-corrected chi connectivity index (χ2v) is 5.78. The zero-order chi connectivity index (χ0) is 13.1. The maximum absolute atomic E-state index is 11.9. The minimum Gasteiger partial charge on any atom is -0.482 e. The number of ether oxygens (including phenoxy) is 1.